The molecule has 2 aromatic rings. The summed E-state index contributed by atoms with van der Waals surface area (Å²) in [4.78, 5) is 0. The van der Waals surface area contributed by atoms with Gasteiger partial charge in [-0.05, 0) is 53.5 Å². The lowest BCUT2D eigenvalue weighted by atomic mass is 9.89. The Labute approximate surface area is 190 Å². The minimum absolute atomic E-state index is 0.449. The van der Waals surface area contributed by atoms with E-state index < -0.39 is 44.3 Å². The van der Waals surface area contributed by atoms with E-state index in [1.54, 1.807) is 0 Å². The van der Waals surface area contributed by atoms with Crippen LogP contribution in [-0.4, -0.2) is 63.8 Å². The molecule has 1 saturated heterocycles. The molecule has 2 aromatic carbocycles. The lowest BCUT2D eigenvalue weighted by molar-refractivity contribution is -0.231. The molecule has 1 fully saturated rings. The van der Waals surface area contributed by atoms with Crippen molar-refractivity contribution < 1.29 is 29.7 Å². The smallest absolute Gasteiger partial charge is 0.113 e. The highest BCUT2D eigenvalue weighted by molar-refractivity contribution is 7.63. The van der Waals surface area contributed by atoms with Gasteiger partial charge in [0.05, 0.1) is 13.7 Å². The molecule has 0 radical (unpaired) electrons. The number of aryl methyl sites for hydroxylation is 1. The molecular weight excluding hydrogens is 427 g/mol. The number of aliphatic hydroxyl groups is 4. The van der Waals surface area contributed by atoms with Crippen LogP contribution in [0.25, 0.3) is 0 Å². The lowest BCUT2D eigenvalue weighted by Gasteiger charge is -2.40. The van der Waals surface area contributed by atoms with Crippen molar-refractivity contribution in [3.05, 3.63) is 70.3 Å². The number of rotatable bonds is 8. The van der Waals surface area contributed by atoms with Crippen LogP contribution in [0.1, 0.15) is 47.8 Å². The van der Waals surface area contributed by atoms with Crippen molar-refractivity contribution in [2.75, 3.05) is 18.9 Å². The van der Waals surface area contributed by atoms with E-state index in [4.69, 9.17) is 4.74 Å². The monoisotopic (exact) mass is 462 g/mol. The maximum atomic E-state index is 12.8. The van der Waals surface area contributed by atoms with E-state index in [2.05, 4.69) is 12.1 Å². The van der Waals surface area contributed by atoms with Crippen LogP contribution in [0.2, 0.25) is 0 Å². The van der Waals surface area contributed by atoms with Crippen molar-refractivity contribution in [3.63, 3.8) is 0 Å². The third-order valence-corrected chi connectivity index (χ3v) is 9.88. The van der Waals surface area contributed by atoms with Crippen molar-refractivity contribution in [1.82, 2.24) is 0 Å². The zero-order valence-corrected chi connectivity index (χ0v) is 19.9. The molecule has 0 amide bonds. The lowest BCUT2D eigenvalue weighted by Crippen LogP contribution is -2.55. The van der Waals surface area contributed by atoms with Crippen LogP contribution in [0.5, 0.6) is 0 Å². The van der Waals surface area contributed by atoms with Crippen molar-refractivity contribution in [1.29, 1.82) is 0 Å². The second-order valence-electron chi connectivity index (χ2n) is 8.78. The summed E-state index contributed by atoms with van der Waals surface area (Å²) in [5, 5.41) is 40.0. The summed E-state index contributed by atoms with van der Waals surface area (Å²) in [5.41, 5.74) is 5.04. The highest BCUT2D eigenvalue weighted by Gasteiger charge is 2.43. The molecule has 0 aliphatic carbocycles. The van der Waals surface area contributed by atoms with Gasteiger partial charge in [0.15, 0.2) is 0 Å². The largest absolute Gasteiger partial charge is 0.394 e. The second kappa shape index (κ2) is 10.6. The Bertz CT molecular complexity index is 934. The molecule has 0 unspecified atom stereocenters. The normalized spacial score (nSPS) is 26.3. The molecule has 5 atom stereocenters. The van der Waals surface area contributed by atoms with Gasteiger partial charge in [0.1, 0.15) is 30.5 Å². The molecule has 6 nitrogen and oxygen atoms in total. The third-order valence-electron chi connectivity index (χ3n) is 6.63. The summed E-state index contributed by atoms with van der Waals surface area (Å²) >= 11 is 0. The Morgan fingerprint density at radius 1 is 0.906 bits per heavy atom. The SMILES string of the molecule is CCP(=O)(CC)Cc1ccc(Cc2cc([C@@H]3O[C@H](CO)[C@@H](O)[C@H](O)[C@H]3O)ccc2C)cc1. The fourth-order valence-corrected chi connectivity index (χ4v) is 5.97. The first kappa shape index (κ1) is 25.1. The van der Waals surface area contributed by atoms with Crippen LogP contribution in [-0.2, 0) is 21.9 Å². The summed E-state index contributed by atoms with van der Waals surface area (Å²) in [6.07, 6.45) is -3.10. The van der Waals surface area contributed by atoms with E-state index in [0.29, 0.717) is 18.1 Å². The van der Waals surface area contributed by atoms with Crippen molar-refractivity contribution in [2.45, 2.75) is 63.9 Å². The van der Waals surface area contributed by atoms with Crippen LogP contribution in [0.4, 0.5) is 0 Å². The molecule has 1 aliphatic rings. The van der Waals surface area contributed by atoms with E-state index >= 15 is 0 Å². The highest BCUT2D eigenvalue weighted by Crippen LogP contribution is 2.48. The van der Waals surface area contributed by atoms with Gasteiger partial charge in [0.25, 0.3) is 0 Å². The average Bonchev–Trinajstić information content (AvgIpc) is 2.80. The molecule has 0 saturated carbocycles. The third kappa shape index (κ3) is 5.51. The number of benzene rings is 2. The minimum Gasteiger partial charge on any atom is -0.394 e. The molecule has 0 spiro atoms. The molecule has 4 N–H and O–H groups in total. The highest BCUT2D eigenvalue weighted by atomic mass is 31.2. The quantitative estimate of drug-likeness (QED) is 0.450. The Morgan fingerprint density at radius 2 is 1.53 bits per heavy atom. The van der Waals surface area contributed by atoms with E-state index in [-0.39, 0.29) is 0 Å². The maximum absolute atomic E-state index is 12.8. The van der Waals surface area contributed by atoms with Gasteiger partial charge >= 0.3 is 0 Å². The fourth-order valence-electron chi connectivity index (χ4n) is 4.20. The molecule has 1 aliphatic heterocycles. The fraction of sp³-hybridized carbons (Fsp3) is 0.520. The van der Waals surface area contributed by atoms with Gasteiger partial charge in [-0.2, -0.15) is 0 Å². The first-order valence-electron chi connectivity index (χ1n) is 11.3. The van der Waals surface area contributed by atoms with Gasteiger partial charge in [0, 0.05) is 6.16 Å². The van der Waals surface area contributed by atoms with Crippen LogP contribution >= 0.6 is 7.14 Å². The van der Waals surface area contributed by atoms with Crippen LogP contribution < -0.4 is 0 Å². The number of aliphatic hydroxyl groups excluding tert-OH is 4. The molecular formula is C25H35O6P. The second-order valence-corrected chi connectivity index (χ2v) is 12.5. The van der Waals surface area contributed by atoms with Crippen LogP contribution in [0.15, 0.2) is 42.5 Å². The number of hydrogen-bond donors (Lipinski definition) is 4. The topological polar surface area (TPSA) is 107 Å². The standard InChI is InChI=1S/C25H35O6P/c1-4-32(30,5-2)15-18-9-7-17(8-10-18)12-20-13-19(11-6-16(20)3)25-24(29)23(28)22(27)21(14-26)31-25/h6-11,13,21-29H,4-5,12,14-15H2,1-3H3/t21-,22-,23+,24-,25+/m1/s1. The first-order chi connectivity index (χ1) is 15.2. The van der Waals surface area contributed by atoms with Gasteiger partial charge in [0.2, 0.25) is 0 Å². The van der Waals surface area contributed by atoms with Gasteiger partial charge < -0.3 is 29.7 Å². The Morgan fingerprint density at radius 3 is 2.12 bits per heavy atom. The minimum atomic E-state index is -2.13. The van der Waals surface area contributed by atoms with E-state index in [1.165, 1.54) is 0 Å². The zero-order valence-electron chi connectivity index (χ0n) is 19.0. The Balaban J connectivity index is 1.78. The maximum Gasteiger partial charge on any atom is 0.113 e. The Kier molecular flexibility index (Phi) is 8.31. The number of ether oxygens (including phenoxy) is 1. The molecule has 3 rings (SSSR count). The Hall–Kier alpha value is -1.53. The molecule has 0 aromatic heterocycles. The summed E-state index contributed by atoms with van der Waals surface area (Å²) in [6.45, 7) is 5.54. The number of hydrogen-bond acceptors (Lipinski definition) is 6. The molecule has 176 valence electrons. The van der Waals surface area contributed by atoms with Crippen LogP contribution in [0.3, 0.4) is 0 Å². The summed E-state index contributed by atoms with van der Waals surface area (Å²) in [5.74, 6) is 0. The van der Waals surface area contributed by atoms with Gasteiger partial charge in [-0.25, -0.2) is 0 Å². The van der Waals surface area contributed by atoms with Crippen molar-refractivity contribution in [3.8, 4) is 0 Å². The van der Waals surface area contributed by atoms with Gasteiger partial charge in [-0.15, -0.1) is 0 Å². The summed E-state index contributed by atoms with van der Waals surface area (Å²) in [7, 11) is -2.13. The zero-order chi connectivity index (χ0) is 23.5. The molecule has 7 heteroatoms. The predicted molar refractivity (Wildman–Crippen MR) is 126 cm³/mol. The van der Waals surface area contributed by atoms with E-state index in [1.807, 2.05) is 51.1 Å². The molecule has 0 bridgehead atoms. The van der Waals surface area contributed by atoms with E-state index in [9.17, 15) is 25.0 Å². The van der Waals surface area contributed by atoms with Gasteiger partial charge in [-0.1, -0.05) is 56.3 Å². The average molecular weight is 463 g/mol. The summed E-state index contributed by atoms with van der Waals surface area (Å²) in [6, 6.07) is 13.9. The van der Waals surface area contributed by atoms with Crippen molar-refractivity contribution in [2.24, 2.45) is 0 Å². The van der Waals surface area contributed by atoms with Crippen LogP contribution in [0, 0.1) is 6.92 Å². The first-order valence-corrected chi connectivity index (χ1v) is 13.5. The van der Waals surface area contributed by atoms with Gasteiger partial charge in [-0.3, -0.25) is 0 Å². The molecule has 32 heavy (non-hydrogen) atoms. The van der Waals surface area contributed by atoms with Crippen molar-refractivity contribution >= 4 is 7.14 Å². The van der Waals surface area contributed by atoms with E-state index in [0.717, 1.165) is 34.6 Å². The summed E-state index contributed by atoms with van der Waals surface area (Å²) < 4.78 is 18.5. The predicted octanol–water partition coefficient (Wildman–Crippen LogP) is 3.00. The molecule has 1 heterocycles.